The molecule has 2 aromatic rings. The normalized spacial score (nSPS) is 10.3. The summed E-state index contributed by atoms with van der Waals surface area (Å²) in [5.41, 5.74) is -0.140. The van der Waals surface area contributed by atoms with Gasteiger partial charge in [0.25, 0.3) is 5.69 Å². The summed E-state index contributed by atoms with van der Waals surface area (Å²) in [7, 11) is 1.64. The Morgan fingerprint density at radius 2 is 1.90 bits per heavy atom. The van der Waals surface area contributed by atoms with Crippen LogP contribution in [0.4, 0.5) is 11.5 Å². The molecule has 0 bridgehead atoms. The van der Waals surface area contributed by atoms with Crippen LogP contribution in [-0.4, -0.2) is 17.0 Å². The number of nitrogens with zero attached hydrogens (tertiary/aromatic N) is 2. The Morgan fingerprint density at radius 3 is 2.48 bits per heavy atom. The number of nitrogens with one attached hydrogen (secondary N) is 1. The number of nitro groups is 1. The molecule has 0 saturated heterocycles. The van der Waals surface area contributed by atoms with Crippen LogP contribution < -0.4 is 10.1 Å². The van der Waals surface area contributed by atoms with Crippen LogP contribution in [0.5, 0.6) is 11.6 Å². The average molecular weight is 349 g/mol. The zero-order chi connectivity index (χ0) is 15.6. The first kappa shape index (κ1) is 15.6. The number of hydrogen-bond acceptors (Lipinski definition) is 5. The van der Waals surface area contributed by atoms with E-state index in [-0.39, 0.29) is 27.4 Å². The fourth-order valence-electron chi connectivity index (χ4n) is 1.49. The molecule has 0 aliphatic rings. The average Bonchev–Trinajstić information content (AvgIpc) is 2.43. The molecular formula is C12H8Cl3N3O3. The molecule has 0 fully saturated rings. The highest BCUT2D eigenvalue weighted by atomic mass is 35.5. The van der Waals surface area contributed by atoms with Gasteiger partial charge in [-0.2, -0.15) is 4.98 Å². The van der Waals surface area contributed by atoms with E-state index < -0.39 is 4.92 Å². The van der Waals surface area contributed by atoms with Crippen molar-refractivity contribution in [1.82, 2.24) is 4.98 Å². The second-order valence-corrected chi connectivity index (χ2v) is 5.05. The van der Waals surface area contributed by atoms with Gasteiger partial charge in [0.2, 0.25) is 5.88 Å². The zero-order valence-electron chi connectivity index (χ0n) is 10.6. The lowest BCUT2D eigenvalue weighted by Crippen LogP contribution is -1.97. The summed E-state index contributed by atoms with van der Waals surface area (Å²) < 4.78 is 5.48. The summed E-state index contributed by atoms with van der Waals surface area (Å²) in [6.45, 7) is 0. The van der Waals surface area contributed by atoms with E-state index in [0.717, 1.165) is 0 Å². The van der Waals surface area contributed by atoms with Crippen LogP contribution in [0.1, 0.15) is 0 Å². The Bertz CT molecular complexity index is 710. The van der Waals surface area contributed by atoms with Crippen molar-refractivity contribution in [3.05, 3.63) is 49.4 Å². The summed E-state index contributed by atoms with van der Waals surface area (Å²) >= 11 is 17.9. The number of non-ortho nitro benzene ring substituents is 1. The molecule has 0 aliphatic carbocycles. The number of ether oxygens (including phenoxy) is 1. The molecule has 0 saturated carbocycles. The highest BCUT2D eigenvalue weighted by Gasteiger charge is 2.15. The van der Waals surface area contributed by atoms with Gasteiger partial charge in [0.05, 0.1) is 15.0 Å². The first-order valence-electron chi connectivity index (χ1n) is 5.58. The van der Waals surface area contributed by atoms with E-state index in [1.165, 1.54) is 24.3 Å². The molecule has 0 aliphatic heterocycles. The summed E-state index contributed by atoms with van der Waals surface area (Å²) in [6, 6.07) is 5.28. The van der Waals surface area contributed by atoms with E-state index in [9.17, 15) is 10.1 Å². The molecule has 0 spiro atoms. The van der Waals surface area contributed by atoms with E-state index in [1.807, 2.05) is 0 Å². The molecule has 1 aromatic heterocycles. The predicted octanol–water partition coefficient (Wildman–Crippen LogP) is 4.78. The van der Waals surface area contributed by atoms with Crippen molar-refractivity contribution in [2.75, 3.05) is 12.4 Å². The smallest absolute Gasteiger partial charge is 0.271 e. The van der Waals surface area contributed by atoms with E-state index >= 15 is 0 Å². The molecule has 0 amide bonds. The lowest BCUT2D eigenvalue weighted by molar-refractivity contribution is -0.384. The van der Waals surface area contributed by atoms with Gasteiger partial charge in [-0.15, -0.1) is 0 Å². The van der Waals surface area contributed by atoms with Crippen molar-refractivity contribution < 1.29 is 9.66 Å². The topological polar surface area (TPSA) is 77.3 Å². The molecule has 6 nitrogen and oxygen atoms in total. The van der Waals surface area contributed by atoms with Crippen molar-refractivity contribution in [2.45, 2.75) is 0 Å². The molecule has 1 heterocycles. The monoisotopic (exact) mass is 347 g/mol. The van der Waals surface area contributed by atoms with Crippen LogP contribution in [0.2, 0.25) is 15.1 Å². The van der Waals surface area contributed by atoms with Gasteiger partial charge in [-0.1, -0.05) is 34.8 Å². The Balaban J connectivity index is 2.36. The van der Waals surface area contributed by atoms with Gasteiger partial charge in [-0.25, -0.2) is 0 Å². The fourth-order valence-corrected chi connectivity index (χ4v) is 2.19. The third-order valence-electron chi connectivity index (χ3n) is 2.47. The fraction of sp³-hybridized carbons (Fsp3) is 0.0833. The van der Waals surface area contributed by atoms with Crippen LogP contribution in [0.3, 0.4) is 0 Å². The van der Waals surface area contributed by atoms with E-state index in [1.54, 1.807) is 7.05 Å². The minimum atomic E-state index is -0.553. The Kier molecular flexibility index (Phi) is 4.72. The molecule has 0 unspecified atom stereocenters. The second-order valence-electron chi connectivity index (χ2n) is 3.83. The number of rotatable bonds is 4. The highest BCUT2D eigenvalue weighted by Crippen LogP contribution is 2.36. The molecule has 9 heteroatoms. The quantitative estimate of drug-likeness (QED) is 0.635. The van der Waals surface area contributed by atoms with E-state index in [2.05, 4.69) is 10.3 Å². The number of nitro benzene ring substituents is 1. The molecule has 21 heavy (non-hydrogen) atoms. The van der Waals surface area contributed by atoms with E-state index in [4.69, 9.17) is 39.5 Å². The maximum atomic E-state index is 10.6. The standard InChI is InChI=1S/C12H8Cl3N3O3/c1-16-11-8(14)5-9(15)12(17-11)21-10-3-2-6(18(19)20)4-7(10)13/h2-5H,1H3,(H,16,17). The van der Waals surface area contributed by atoms with Crippen LogP contribution in [-0.2, 0) is 0 Å². The molecule has 1 aromatic carbocycles. The number of benzene rings is 1. The SMILES string of the molecule is CNc1nc(Oc2ccc([N+](=O)[O-])cc2Cl)c(Cl)cc1Cl. The first-order chi connectivity index (χ1) is 9.92. The Hall–Kier alpha value is -1.76. The largest absolute Gasteiger partial charge is 0.436 e. The Morgan fingerprint density at radius 1 is 1.19 bits per heavy atom. The van der Waals surface area contributed by atoms with Gasteiger partial charge in [0, 0.05) is 19.2 Å². The number of anilines is 1. The molecule has 0 atom stereocenters. The van der Waals surface area contributed by atoms with Gasteiger partial charge in [-0.3, -0.25) is 10.1 Å². The Labute approximate surface area is 134 Å². The van der Waals surface area contributed by atoms with Crippen LogP contribution in [0.15, 0.2) is 24.3 Å². The minimum absolute atomic E-state index is 0.0722. The van der Waals surface area contributed by atoms with Crippen molar-refractivity contribution in [2.24, 2.45) is 0 Å². The van der Waals surface area contributed by atoms with Gasteiger partial charge in [0.15, 0.2) is 0 Å². The zero-order valence-corrected chi connectivity index (χ0v) is 12.8. The highest BCUT2D eigenvalue weighted by molar-refractivity contribution is 6.36. The first-order valence-corrected chi connectivity index (χ1v) is 6.71. The number of halogens is 3. The van der Waals surface area contributed by atoms with Crippen molar-refractivity contribution in [1.29, 1.82) is 0 Å². The van der Waals surface area contributed by atoms with Gasteiger partial charge in [0.1, 0.15) is 16.6 Å². The summed E-state index contributed by atoms with van der Waals surface area (Å²) in [5.74, 6) is 0.663. The predicted molar refractivity (Wildman–Crippen MR) is 82.0 cm³/mol. The van der Waals surface area contributed by atoms with Crippen molar-refractivity contribution in [3.63, 3.8) is 0 Å². The van der Waals surface area contributed by atoms with Gasteiger partial charge >= 0.3 is 0 Å². The van der Waals surface area contributed by atoms with Gasteiger partial charge in [-0.05, 0) is 12.1 Å². The van der Waals surface area contributed by atoms with Gasteiger partial charge < -0.3 is 10.1 Å². The van der Waals surface area contributed by atoms with Crippen molar-refractivity contribution in [3.8, 4) is 11.6 Å². The molecular weight excluding hydrogens is 341 g/mol. The molecule has 110 valence electrons. The second kappa shape index (κ2) is 6.34. The summed E-state index contributed by atoms with van der Waals surface area (Å²) in [4.78, 5) is 14.2. The summed E-state index contributed by atoms with van der Waals surface area (Å²) in [5, 5.41) is 14.0. The third-order valence-corrected chi connectivity index (χ3v) is 3.32. The molecule has 0 radical (unpaired) electrons. The molecule has 2 rings (SSSR count). The van der Waals surface area contributed by atoms with Crippen LogP contribution >= 0.6 is 34.8 Å². The maximum absolute atomic E-state index is 10.6. The van der Waals surface area contributed by atoms with Crippen molar-refractivity contribution >= 4 is 46.3 Å². The van der Waals surface area contributed by atoms with Crippen LogP contribution in [0.25, 0.3) is 0 Å². The summed E-state index contributed by atoms with van der Waals surface area (Å²) in [6.07, 6.45) is 0. The maximum Gasteiger partial charge on any atom is 0.271 e. The van der Waals surface area contributed by atoms with Crippen LogP contribution in [0, 0.1) is 10.1 Å². The lowest BCUT2D eigenvalue weighted by atomic mass is 10.3. The number of aromatic nitrogens is 1. The molecule has 1 N–H and O–H groups in total. The third kappa shape index (κ3) is 3.47. The minimum Gasteiger partial charge on any atom is -0.436 e. The number of hydrogen-bond donors (Lipinski definition) is 1. The lowest BCUT2D eigenvalue weighted by Gasteiger charge is -2.10. The number of pyridine rings is 1. The van der Waals surface area contributed by atoms with E-state index in [0.29, 0.717) is 10.8 Å².